The second-order valence-electron chi connectivity index (χ2n) is 12.9. The number of amides is 1. The number of hydrogen-bond acceptors (Lipinski definition) is 7. The van der Waals surface area contributed by atoms with Crippen molar-refractivity contribution in [1.29, 1.82) is 0 Å². The minimum Gasteiger partial charge on any atom is -0.508 e. The number of phenolic OH excluding ortho intramolecular Hbond substituents is 1. The third-order valence-electron chi connectivity index (χ3n) is 8.77. The number of ether oxygens (including phenoxy) is 2. The topological polar surface area (TPSA) is 106 Å². The molecule has 1 fully saturated rings. The predicted octanol–water partition coefficient (Wildman–Crippen LogP) is 6.09. The van der Waals surface area contributed by atoms with Gasteiger partial charge in [-0.15, -0.1) is 0 Å². The number of pyridine rings is 1. The summed E-state index contributed by atoms with van der Waals surface area (Å²) in [6, 6.07) is 14.1. The number of aryl methyl sites for hydroxylation is 2. The van der Waals surface area contributed by atoms with Gasteiger partial charge in [0, 0.05) is 67.4 Å². The summed E-state index contributed by atoms with van der Waals surface area (Å²) in [5.41, 5.74) is 11.3. The molecule has 244 valence electrons. The van der Waals surface area contributed by atoms with Gasteiger partial charge in [0.15, 0.2) is 0 Å². The highest BCUT2D eigenvalue weighted by atomic mass is 16.5. The van der Waals surface area contributed by atoms with Crippen LogP contribution < -0.4 is 5.43 Å². The summed E-state index contributed by atoms with van der Waals surface area (Å²) >= 11 is 0. The minimum absolute atomic E-state index is 0.0752. The molecule has 0 unspecified atom stereocenters. The van der Waals surface area contributed by atoms with Crippen molar-refractivity contribution >= 4 is 23.3 Å². The first kappa shape index (κ1) is 33.2. The maximum Gasteiger partial charge on any atom is 0.293 e. The molecule has 1 aliphatic heterocycles. The molecule has 0 radical (unpaired) electrons. The first-order chi connectivity index (χ1) is 22.2. The molecule has 2 aromatic carbocycles. The van der Waals surface area contributed by atoms with Crippen LogP contribution in [0.4, 0.5) is 0 Å². The molecule has 2 aromatic heterocycles. The van der Waals surface area contributed by atoms with Crippen molar-refractivity contribution in [2.75, 3.05) is 33.4 Å². The van der Waals surface area contributed by atoms with E-state index in [1.54, 1.807) is 24.3 Å². The molecule has 9 nitrogen and oxygen atoms in total. The van der Waals surface area contributed by atoms with Crippen LogP contribution in [0.1, 0.15) is 56.7 Å². The van der Waals surface area contributed by atoms with Crippen molar-refractivity contribution in [2.45, 2.75) is 65.8 Å². The lowest BCUT2D eigenvalue weighted by Gasteiger charge is -2.27. The molecule has 0 aliphatic carbocycles. The molecule has 46 heavy (non-hydrogen) atoms. The maximum atomic E-state index is 12.8. The average Bonchev–Trinajstić information content (AvgIpc) is 3.37. The molecule has 4 aromatic rings. The highest BCUT2D eigenvalue weighted by Gasteiger charge is 2.27. The first-order valence-electron chi connectivity index (χ1n) is 16.2. The fourth-order valence-corrected chi connectivity index (χ4v) is 6.55. The van der Waals surface area contributed by atoms with Gasteiger partial charge in [0.2, 0.25) is 5.91 Å². The van der Waals surface area contributed by atoms with Crippen LogP contribution in [-0.2, 0) is 44.9 Å². The van der Waals surface area contributed by atoms with Crippen molar-refractivity contribution < 1.29 is 24.2 Å². The van der Waals surface area contributed by atoms with Gasteiger partial charge in [-0.2, -0.15) is 0 Å². The molecule has 2 N–H and O–H groups in total. The molecule has 1 saturated heterocycles. The maximum absolute atomic E-state index is 12.8. The number of benzene rings is 2. The number of carbonyl (C=O) groups is 2. The van der Waals surface area contributed by atoms with E-state index in [-0.39, 0.29) is 17.1 Å². The van der Waals surface area contributed by atoms with Gasteiger partial charge < -0.3 is 19.1 Å². The van der Waals surface area contributed by atoms with Crippen molar-refractivity contribution in [3.8, 4) is 28.1 Å². The van der Waals surface area contributed by atoms with Crippen molar-refractivity contribution in [2.24, 2.45) is 5.41 Å². The fourth-order valence-electron chi connectivity index (χ4n) is 6.55. The third kappa shape index (κ3) is 7.59. The van der Waals surface area contributed by atoms with Gasteiger partial charge in [-0.25, -0.2) is 5.43 Å². The van der Waals surface area contributed by atoms with Crippen molar-refractivity contribution in [1.82, 2.24) is 20.0 Å². The van der Waals surface area contributed by atoms with Gasteiger partial charge in [0.1, 0.15) is 5.75 Å². The van der Waals surface area contributed by atoms with E-state index in [1.165, 1.54) is 5.56 Å². The Morgan fingerprint density at radius 1 is 1.11 bits per heavy atom. The molecule has 0 bridgehead atoms. The summed E-state index contributed by atoms with van der Waals surface area (Å²) in [5, 5.41) is 13.6. The molecule has 0 saturated carbocycles. The highest BCUT2D eigenvalue weighted by Crippen LogP contribution is 2.41. The van der Waals surface area contributed by atoms with Crippen LogP contribution in [-0.4, -0.2) is 65.5 Å². The average molecular weight is 627 g/mol. The second-order valence-corrected chi connectivity index (χ2v) is 12.9. The summed E-state index contributed by atoms with van der Waals surface area (Å²) < 4.78 is 13.0. The van der Waals surface area contributed by atoms with Gasteiger partial charge in [-0.05, 0) is 97.2 Å². The Bertz CT molecular complexity index is 1670. The zero-order chi connectivity index (χ0) is 32.7. The lowest BCUT2D eigenvalue weighted by atomic mass is 9.84. The van der Waals surface area contributed by atoms with Gasteiger partial charge in [0.05, 0.1) is 18.9 Å². The summed E-state index contributed by atoms with van der Waals surface area (Å²) in [6.45, 7) is 10.1. The van der Waals surface area contributed by atoms with Gasteiger partial charge >= 0.3 is 0 Å². The number of hydrogen-bond donors (Lipinski definition) is 2. The largest absolute Gasteiger partial charge is 0.508 e. The second kappa shape index (κ2) is 14.9. The zero-order valence-corrected chi connectivity index (χ0v) is 27.5. The number of carbonyl (C=O) groups excluding carboxylic acids is 2. The van der Waals surface area contributed by atoms with E-state index in [0.29, 0.717) is 38.9 Å². The quantitative estimate of drug-likeness (QED) is 0.163. The molecular formula is C37H46N4O5. The van der Waals surface area contributed by atoms with Gasteiger partial charge in [-0.3, -0.25) is 19.6 Å². The molecule has 0 spiro atoms. The number of nitrogens with zero attached hydrogens (tertiary/aromatic N) is 3. The van der Waals surface area contributed by atoms with Crippen molar-refractivity contribution in [3.05, 3.63) is 71.5 Å². The number of fused-ring (bicyclic) bond motifs is 1. The van der Waals surface area contributed by atoms with E-state index in [2.05, 4.69) is 66.1 Å². The molecule has 1 amide bonds. The Kier molecular flexibility index (Phi) is 10.8. The normalized spacial score (nSPS) is 13.7. The summed E-state index contributed by atoms with van der Waals surface area (Å²) in [6.07, 6.45) is 8.16. The monoisotopic (exact) mass is 626 g/mol. The third-order valence-corrected chi connectivity index (χ3v) is 8.77. The van der Waals surface area contributed by atoms with Crippen LogP contribution in [0.3, 0.4) is 0 Å². The predicted molar refractivity (Wildman–Crippen MR) is 180 cm³/mol. The fraction of sp³-hybridized carbons (Fsp3) is 0.432. The Morgan fingerprint density at radius 3 is 2.70 bits per heavy atom. The van der Waals surface area contributed by atoms with E-state index in [0.717, 1.165) is 83.3 Å². The number of nitrogens with one attached hydrogen (secondary N) is 1. The van der Waals surface area contributed by atoms with E-state index in [1.807, 2.05) is 12.4 Å². The van der Waals surface area contributed by atoms with Crippen LogP contribution in [0.2, 0.25) is 0 Å². The Labute approximate surface area is 271 Å². The molecule has 0 atom stereocenters. The molecule has 5 rings (SSSR count). The van der Waals surface area contributed by atoms with Crippen LogP contribution in [0.15, 0.2) is 54.9 Å². The Morgan fingerprint density at radius 2 is 1.96 bits per heavy atom. The summed E-state index contributed by atoms with van der Waals surface area (Å²) in [7, 11) is 1.71. The van der Waals surface area contributed by atoms with Gasteiger partial charge in [0.25, 0.3) is 6.47 Å². The Balaban J connectivity index is 1.58. The lowest BCUT2D eigenvalue weighted by molar-refractivity contribution is -0.135. The lowest BCUT2D eigenvalue weighted by Crippen LogP contribution is -2.47. The smallest absolute Gasteiger partial charge is 0.293 e. The number of hydrazine groups is 1. The number of aromatic nitrogens is 2. The van der Waals surface area contributed by atoms with E-state index in [9.17, 15) is 14.7 Å². The summed E-state index contributed by atoms with van der Waals surface area (Å²) in [5.74, 6) is 0.251. The van der Waals surface area contributed by atoms with Crippen molar-refractivity contribution in [3.63, 3.8) is 0 Å². The Hall–Kier alpha value is -4.21. The van der Waals surface area contributed by atoms with Gasteiger partial charge in [-0.1, -0.05) is 26.0 Å². The van der Waals surface area contributed by atoms with Crippen LogP contribution >= 0.6 is 0 Å². The van der Waals surface area contributed by atoms with Crippen LogP contribution in [0, 0.1) is 5.41 Å². The highest BCUT2D eigenvalue weighted by molar-refractivity contribution is 5.95. The standard InChI is InChI=1S/C37H46N4O5/c1-5-40-34-10-9-27(29-18-26(19-30(43)20-29)8-11-35(44)41-16-7-6-14-39-41)21-32(34)33(22-37(2,3)24-46-25-42)36(40)31-12-15-38-23-28(31)13-17-45-4/h9-10,12,15,18-21,23,25,39,43H,5-8,11,13-14,16-17,22,24H2,1-4H3. The van der Waals surface area contributed by atoms with Crippen LogP contribution in [0.5, 0.6) is 5.75 Å². The number of aromatic hydroxyl groups is 1. The molecule has 3 heterocycles. The number of phenols is 1. The SMILES string of the molecule is CCn1c(-c2ccncc2CCOC)c(CC(C)(C)COC=O)c2cc(-c3cc(O)cc(CCC(=O)N4CCCCN4)c3)ccc21. The molecule has 9 heteroatoms. The minimum atomic E-state index is -0.327. The van der Waals surface area contributed by atoms with E-state index in [4.69, 9.17) is 9.47 Å². The number of methoxy groups -OCH3 is 1. The van der Waals surface area contributed by atoms with E-state index >= 15 is 0 Å². The zero-order valence-electron chi connectivity index (χ0n) is 27.5. The first-order valence-corrected chi connectivity index (χ1v) is 16.2. The summed E-state index contributed by atoms with van der Waals surface area (Å²) in [4.78, 5) is 28.4. The van der Waals surface area contributed by atoms with Crippen LogP contribution in [0.25, 0.3) is 33.3 Å². The molecule has 1 aliphatic rings. The van der Waals surface area contributed by atoms with E-state index < -0.39 is 0 Å². The molecular weight excluding hydrogens is 580 g/mol. The number of rotatable bonds is 14.